The van der Waals surface area contributed by atoms with Crippen molar-refractivity contribution in [3.05, 3.63) is 50.6 Å². The molecule has 0 fully saturated rings. The van der Waals surface area contributed by atoms with Gasteiger partial charge in [-0.2, -0.15) is 0 Å². The monoisotopic (exact) mass is 445 g/mol. The van der Waals surface area contributed by atoms with Crippen molar-refractivity contribution in [2.75, 3.05) is 32.2 Å². The maximum absolute atomic E-state index is 9.37. The van der Waals surface area contributed by atoms with Crippen LogP contribution < -0.4 is 15.8 Å². The summed E-state index contributed by atoms with van der Waals surface area (Å²) in [6.07, 6.45) is 1.66. The number of hydrogen-bond acceptors (Lipinski definition) is 10. The zero-order valence-corrected chi connectivity index (χ0v) is 16.9. The van der Waals surface area contributed by atoms with Crippen LogP contribution in [0.3, 0.4) is 0 Å². The normalized spacial score (nSPS) is 10.2. The average molecular weight is 445 g/mol. The Hall–Kier alpha value is -3.49. The molecule has 0 saturated carbocycles. The first-order valence-corrected chi connectivity index (χ1v) is 8.94. The van der Waals surface area contributed by atoms with E-state index >= 15 is 0 Å². The van der Waals surface area contributed by atoms with Gasteiger partial charge >= 0.3 is 0 Å². The van der Waals surface area contributed by atoms with E-state index in [1.807, 2.05) is 30.3 Å². The van der Waals surface area contributed by atoms with Gasteiger partial charge in [0.05, 0.1) is 12.6 Å². The summed E-state index contributed by atoms with van der Waals surface area (Å²) in [5.41, 5.74) is 6.11. The Kier molecular flexibility index (Phi) is 12.9. The van der Waals surface area contributed by atoms with Gasteiger partial charge in [0.1, 0.15) is 11.6 Å². The third-order valence-electron chi connectivity index (χ3n) is 4.09. The van der Waals surface area contributed by atoms with Gasteiger partial charge in [0, 0.05) is 24.1 Å². The van der Waals surface area contributed by atoms with Crippen molar-refractivity contribution in [3.8, 4) is 5.75 Å². The Bertz CT molecular complexity index is 785. The van der Waals surface area contributed by atoms with E-state index in [1.54, 1.807) is 7.11 Å². The fourth-order valence-electron chi connectivity index (χ4n) is 2.84. The molecule has 31 heavy (non-hydrogen) atoms. The van der Waals surface area contributed by atoms with Gasteiger partial charge in [0.2, 0.25) is 0 Å². The molecule has 2 aromatic rings. The van der Waals surface area contributed by atoms with Crippen molar-refractivity contribution in [1.82, 2.24) is 4.98 Å². The van der Waals surface area contributed by atoms with Crippen LogP contribution >= 0.6 is 0 Å². The highest BCUT2D eigenvalue weighted by Crippen LogP contribution is 2.27. The van der Waals surface area contributed by atoms with E-state index in [9.17, 15) is 10.2 Å². The molecule has 0 saturated heterocycles. The lowest BCUT2D eigenvalue weighted by Gasteiger charge is -2.34. The van der Waals surface area contributed by atoms with Gasteiger partial charge < -0.3 is 36.4 Å². The van der Waals surface area contributed by atoms with Crippen LogP contribution in [0, 0.1) is 20.2 Å². The van der Waals surface area contributed by atoms with Crippen molar-refractivity contribution in [2.24, 2.45) is 5.73 Å². The first-order chi connectivity index (χ1) is 14.6. The number of anilines is 1. The number of nitrogens with one attached hydrogen (secondary N) is 1. The molecule has 0 aliphatic heterocycles. The predicted octanol–water partition coefficient (Wildman–Crippen LogP) is 0.812. The van der Waals surface area contributed by atoms with Crippen LogP contribution in [-0.4, -0.2) is 68.2 Å². The van der Waals surface area contributed by atoms with Gasteiger partial charge in [0.15, 0.2) is 0 Å². The highest BCUT2D eigenvalue weighted by atomic mass is 16.9. The maximum atomic E-state index is 9.37. The van der Waals surface area contributed by atoms with Gasteiger partial charge in [-0.25, -0.2) is 4.98 Å². The van der Waals surface area contributed by atoms with E-state index in [0.717, 1.165) is 16.7 Å². The van der Waals surface area contributed by atoms with Crippen molar-refractivity contribution in [2.45, 2.75) is 24.8 Å². The second-order valence-corrected chi connectivity index (χ2v) is 6.12. The Morgan fingerprint density at radius 3 is 2.06 bits per heavy atom. The molecule has 0 aliphatic rings. The molecule has 1 aromatic carbocycles. The summed E-state index contributed by atoms with van der Waals surface area (Å²) in [7, 11) is 1.63. The summed E-state index contributed by atoms with van der Waals surface area (Å²) in [4.78, 5) is 21.3. The lowest BCUT2D eigenvalue weighted by molar-refractivity contribution is -0.742. The highest BCUT2D eigenvalue weighted by molar-refractivity contribution is 5.81. The number of nitrogens with zero attached hydrogens (tertiary/aromatic N) is 3. The van der Waals surface area contributed by atoms with Crippen molar-refractivity contribution < 1.29 is 35.5 Å². The molecular formula is C17H27N5O9. The minimum Gasteiger partial charge on any atom is -0.497 e. The third-order valence-corrected chi connectivity index (χ3v) is 4.09. The Labute approximate surface area is 177 Å². The van der Waals surface area contributed by atoms with Crippen LogP contribution in [0.2, 0.25) is 0 Å². The van der Waals surface area contributed by atoms with E-state index < -0.39 is 15.7 Å². The van der Waals surface area contributed by atoms with E-state index in [-0.39, 0.29) is 13.2 Å². The quantitative estimate of drug-likeness (QED) is 0.233. The van der Waals surface area contributed by atoms with E-state index in [0.29, 0.717) is 31.6 Å². The minimum atomic E-state index is -1.50. The number of rotatable bonds is 9. The number of methoxy groups -OCH3 is 1. The zero-order valence-electron chi connectivity index (χ0n) is 16.9. The highest BCUT2D eigenvalue weighted by Gasteiger charge is 2.28. The molecule has 0 amide bonds. The second-order valence-electron chi connectivity index (χ2n) is 6.12. The van der Waals surface area contributed by atoms with Gasteiger partial charge in [-0.3, -0.25) is 0 Å². The number of fused-ring (bicyclic) bond motifs is 1. The number of hydrogen-bond donors (Lipinski definition) is 6. The second kappa shape index (κ2) is 14.5. The predicted molar refractivity (Wildman–Crippen MR) is 109 cm³/mol. The lowest BCUT2D eigenvalue weighted by atomic mass is 9.88. The summed E-state index contributed by atoms with van der Waals surface area (Å²) >= 11 is 0. The largest absolute Gasteiger partial charge is 0.497 e. The Morgan fingerprint density at radius 1 is 1.06 bits per heavy atom. The molecule has 2 rings (SSSR count). The maximum Gasteiger partial charge on any atom is 0.291 e. The van der Waals surface area contributed by atoms with Crippen LogP contribution in [0.1, 0.15) is 19.3 Å². The van der Waals surface area contributed by atoms with Crippen LogP contribution in [0.5, 0.6) is 5.75 Å². The Balaban J connectivity index is 0.000000967. The van der Waals surface area contributed by atoms with Gasteiger partial charge in [-0.15, -0.1) is 20.2 Å². The molecule has 0 aliphatic carbocycles. The molecule has 14 heteroatoms. The van der Waals surface area contributed by atoms with Gasteiger partial charge in [-0.05, 0) is 56.1 Å². The van der Waals surface area contributed by atoms with Crippen LogP contribution in [-0.2, 0) is 0 Å². The van der Waals surface area contributed by atoms with E-state index in [4.69, 9.17) is 41.1 Å². The van der Waals surface area contributed by atoms with Crippen molar-refractivity contribution in [1.29, 1.82) is 0 Å². The number of nitrogens with two attached hydrogens (primary N) is 1. The number of benzene rings is 1. The molecule has 14 nitrogen and oxygen atoms in total. The minimum absolute atomic E-state index is 0.0256. The lowest BCUT2D eigenvalue weighted by Crippen LogP contribution is -2.42. The van der Waals surface area contributed by atoms with Gasteiger partial charge in [0.25, 0.3) is 10.2 Å². The van der Waals surface area contributed by atoms with Crippen molar-refractivity contribution in [3.63, 3.8) is 0 Å². The summed E-state index contributed by atoms with van der Waals surface area (Å²) in [6.45, 7) is 0.521. The topological polar surface area (TPSA) is 227 Å². The molecule has 0 bridgehead atoms. The SMILES string of the molecule is COc1ccc2nc(NC(CCN)(CCO)CCO)ccc2c1.O=[N+]([O-])O.O=[N+]([O-])O. The molecule has 0 unspecified atom stereocenters. The Morgan fingerprint density at radius 2 is 1.61 bits per heavy atom. The first kappa shape index (κ1) is 27.5. The fraction of sp³-hybridized carbons (Fsp3) is 0.471. The molecule has 0 radical (unpaired) electrons. The van der Waals surface area contributed by atoms with Crippen LogP contribution in [0.25, 0.3) is 10.9 Å². The number of aromatic nitrogens is 1. The summed E-state index contributed by atoms with van der Waals surface area (Å²) in [5.74, 6) is 1.50. The fourth-order valence-corrected chi connectivity index (χ4v) is 2.84. The van der Waals surface area contributed by atoms with E-state index in [1.165, 1.54) is 0 Å². The molecule has 0 spiro atoms. The standard InChI is InChI=1S/C17H25N3O3.2HNO3/c1-23-14-3-4-15-13(12-14)2-5-16(19-15)20-17(6-9-18,7-10-21)8-11-22;2*2-1(3)4/h2-5,12,21-22H,6-11,18H2,1H3,(H,19,20);2*(H,2,3,4). The number of aliphatic hydroxyl groups is 2. The molecule has 1 aromatic heterocycles. The molecule has 7 N–H and O–H groups in total. The first-order valence-electron chi connectivity index (χ1n) is 8.94. The summed E-state index contributed by atoms with van der Waals surface area (Å²) < 4.78 is 5.22. The number of aliphatic hydroxyl groups excluding tert-OH is 2. The zero-order chi connectivity index (χ0) is 23.9. The van der Waals surface area contributed by atoms with E-state index in [2.05, 4.69) is 10.3 Å². The van der Waals surface area contributed by atoms with Crippen molar-refractivity contribution >= 4 is 16.7 Å². The summed E-state index contributed by atoms with van der Waals surface area (Å²) in [5, 5.41) is 50.4. The third kappa shape index (κ3) is 11.3. The summed E-state index contributed by atoms with van der Waals surface area (Å²) in [6, 6.07) is 9.57. The smallest absolute Gasteiger partial charge is 0.291 e. The molecular weight excluding hydrogens is 418 g/mol. The average Bonchev–Trinajstić information content (AvgIpc) is 2.67. The number of pyridine rings is 1. The molecule has 1 heterocycles. The van der Waals surface area contributed by atoms with Crippen LogP contribution in [0.15, 0.2) is 30.3 Å². The molecule has 0 atom stereocenters. The number of ether oxygens (including phenoxy) is 1. The van der Waals surface area contributed by atoms with Crippen LogP contribution in [0.4, 0.5) is 5.82 Å². The molecule has 174 valence electrons. The van der Waals surface area contributed by atoms with Gasteiger partial charge in [-0.1, -0.05) is 0 Å².